The molecular formula is C19H15N7O. The Balaban J connectivity index is 1.62. The van der Waals surface area contributed by atoms with Gasteiger partial charge in [-0.05, 0) is 18.2 Å². The van der Waals surface area contributed by atoms with Crippen LogP contribution in [0.1, 0.15) is 10.4 Å². The third kappa shape index (κ3) is 2.58. The molecule has 0 aliphatic rings. The molecule has 1 aromatic carbocycles. The predicted molar refractivity (Wildman–Crippen MR) is 102 cm³/mol. The molecule has 0 radical (unpaired) electrons. The van der Waals surface area contributed by atoms with Crippen LogP contribution in [0.3, 0.4) is 0 Å². The summed E-state index contributed by atoms with van der Waals surface area (Å²) in [5.41, 5.74) is 3.56. The van der Waals surface area contributed by atoms with Gasteiger partial charge in [-0.1, -0.05) is 12.1 Å². The average molecular weight is 357 g/mol. The first-order chi connectivity index (χ1) is 13.3. The Kier molecular flexibility index (Phi) is 3.53. The Morgan fingerprint density at radius 2 is 2.07 bits per heavy atom. The molecule has 8 nitrogen and oxygen atoms in total. The average Bonchev–Trinajstić information content (AvgIpc) is 3.35. The van der Waals surface area contributed by atoms with E-state index in [0.29, 0.717) is 29.4 Å². The number of aldehydes is 1. The largest absolute Gasteiger partial charge is 0.352 e. The number of nitrogens with zero attached hydrogens (tertiary/aromatic N) is 6. The maximum absolute atomic E-state index is 11.5. The molecule has 4 aromatic heterocycles. The predicted octanol–water partition coefficient (Wildman–Crippen LogP) is 2.55. The van der Waals surface area contributed by atoms with Gasteiger partial charge in [-0.25, -0.2) is 15.0 Å². The topological polar surface area (TPSA) is 90.0 Å². The number of hydrogen-bond acceptors (Lipinski definition) is 6. The lowest BCUT2D eigenvalue weighted by molar-refractivity contribution is 0.112. The minimum Gasteiger partial charge on any atom is -0.352 e. The van der Waals surface area contributed by atoms with Crippen molar-refractivity contribution in [3.63, 3.8) is 0 Å². The maximum atomic E-state index is 11.5. The zero-order valence-corrected chi connectivity index (χ0v) is 14.3. The summed E-state index contributed by atoms with van der Waals surface area (Å²) in [5.74, 6) is 0.528. The monoisotopic (exact) mass is 357 g/mol. The fourth-order valence-corrected chi connectivity index (χ4v) is 3.22. The van der Waals surface area contributed by atoms with E-state index in [0.717, 1.165) is 29.3 Å². The van der Waals surface area contributed by atoms with E-state index in [-0.39, 0.29) is 0 Å². The van der Waals surface area contributed by atoms with Crippen LogP contribution in [0.2, 0.25) is 0 Å². The van der Waals surface area contributed by atoms with E-state index < -0.39 is 0 Å². The third-order valence-corrected chi connectivity index (χ3v) is 4.48. The molecule has 0 saturated carbocycles. The molecule has 0 aliphatic heterocycles. The van der Waals surface area contributed by atoms with Gasteiger partial charge in [0.2, 0.25) is 5.95 Å². The van der Waals surface area contributed by atoms with Gasteiger partial charge in [0.25, 0.3) is 0 Å². The first-order valence-corrected chi connectivity index (χ1v) is 8.55. The molecule has 0 atom stereocenters. The van der Waals surface area contributed by atoms with Crippen LogP contribution in [0.25, 0.3) is 27.7 Å². The van der Waals surface area contributed by atoms with Crippen molar-refractivity contribution in [3.05, 3.63) is 60.8 Å². The molecule has 5 rings (SSSR count). The van der Waals surface area contributed by atoms with Gasteiger partial charge in [0, 0.05) is 37.1 Å². The highest BCUT2D eigenvalue weighted by Crippen LogP contribution is 2.24. The van der Waals surface area contributed by atoms with Gasteiger partial charge in [0.15, 0.2) is 11.9 Å². The summed E-state index contributed by atoms with van der Waals surface area (Å²) in [6.07, 6.45) is 7.97. The number of nitrogens with one attached hydrogen (secondary N) is 1. The normalized spacial score (nSPS) is 11.4. The molecule has 5 aromatic rings. The first-order valence-electron chi connectivity index (χ1n) is 8.55. The van der Waals surface area contributed by atoms with E-state index >= 15 is 0 Å². The molecule has 0 saturated heterocycles. The number of anilines is 1. The summed E-state index contributed by atoms with van der Waals surface area (Å²) in [6.45, 7) is 1.43. The quantitative estimate of drug-likeness (QED) is 0.486. The van der Waals surface area contributed by atoms with Crippen molar-refractivity contribution in [2.45, 2.75) is 6.54 Å². The van der Waals surface area contributed by atoms with Crippen LogP contribution >= 0.6 is 0 Å². The Morgan fingerprint density at radius 1 is 1.15 bits per heavy atom. The number of aromatic nitrogens is 6. The van der Waals surface area contributed by atoms with Crippen LogP contribution in [-0.4, -0.2) is 41.7 Å². The summed E-state index contributed by atoms with van der Waals surface area (Å²) >= 11 is 0. The van der Waals surface area contributed by atoms with E-state index in [1.54, 1.807) is 24.8 Å². The fourth-order valence-electron chi connectivity index (χ4n) is 3.22. The van der Waals surface area contributed by atoms with Crippen molar-refractivity contribution in [2.24, 2.45) is 0 Å². The van der Waals surface area contributed by atoms with E-state index in [4.69, 9.17) is 0 Å². The number of fused-ring (bicyclic) bond motifs is 5. The van der Waals surface area contributed by atoms with E-state index in [9.17, 15) is 4.79 Å². The van der Waals surface area contributed by atoms with Gasteiger partial charge in [-0.2, -0.15) is 4.98 Å². The summed E-state index contributed by atoms with van der Waals surface area (Å²) in [7, 11) is 0. The molecule has 0 unspecified atom stereocenters. The number of rotatable bonds is 5. The molecule has 4 heterocycles. The van der Waals surface area contributed by atoms with Gasteiger partial charge in [-0.3, -0.25) is 9.20 Å². The Hall–Kier alpha value is -3.81. The SMILES string of the molecule is O=Cc1cc2cnc(NCCn3ccnc3)nc2n2c1nc1ccccc12. The van der Waals surface area contributed by atoms with Crippen molar-refractivity contribution in [2.75, 3.05) is 11.9 Å². The third-order valence-electron chi connectivity index (χ3n) is 4.48. The minimum absolute atomic E-state index is 0.517. The lowest BCUT2D eigenvalue weighted by Crippen LogP contribution is -2.11. The second kappa shape index (κ2) is 6.17. The zero-order chi connectivity index (χ0) is 18.2. The molecule has 1 N–H and O–H groups in total. The highest BCUT2D eigenvalue weighted by molar-refractivity contribution is 5.97. The van der Waals surface area contributed by atoms with Crippen molar-refractivity contribution in [1.29, 1.82) is 0 Å². The van der Waals surface area contributed by atoms with Crippen LogP contribution in [0.15, 0.2) is 55.2 Å². The molecule has 0 bridgehead atoms. The first kappa shape index (κ1) is 15.4. The smallest absolute Gasteiger partial charge is 0.224 e. The number of hydrogen-bond donors (Lipinski definition) is 1. The van der Waals surface area contributed by atoms with E-state index in [1.165, 1.54) is 0 Å². The van der Waals surface area contributed by atoms with Crippen LogP contribution in [-0.2, 0) is 6.54 Å². The summed E-state index contributed by atoms with van der Waals surface area (Å²) in [4.78, 5) is 29.2. The molecule has 8 heteroatoms. The standard InChI is InChI=1S/C19H15N7O/c27-11-14-9-13-10-22-19(21-6-8-25-7-5-20-12-25)24-17(13)26-16-4-2-1-3-15(16)23-18(14)26/h1-5,7,9-12H,6,8H2,(H,21,22,24). The molecule has 0 fully saturated rings. The van der Waals surface area contributed by atoms with E-state index in [2.05, 4.69) is 25.3 Å². The van der Waals surface area contributed by atoms with E-state index in [1.807, 2.05) is 39.4 Å². The second-order valence-corrected chi connectivity index (χ2v) is 6.18. The van der Waals surface area contributed by atoms with Crippen LogP contribution < -0.4 is 5.32 Å². The second-order valence-electron chi connectivity index (χ2n) is 6.18. The number of benzene rings is 1. The van der Waals surface area contributed by atoms with Crippen LogP contribution in [0.4, 0.5) is 5.95 Å². The maximum Gasteiger partial charge on any atom is 0.224 e. The van der Waals surface area contributed by atoms with Crippen molar-refractivity contribution < 1.29 is 4.79 Å². The highest BCUT2D eigenvalue weighted by Gasteiger charge is 2.14. The highest BCUT2D eigenvalue weighted by atomic mass is 16.1. The number of para-hydroxylation sites is 2. The number of carbonyl (C=O) groups excluding carboxylic acids is 1. The summed E-state index contributed by atoms with van der Waals surface area (Å²) in [6, 6.07) is 9.54. The van der Waals surface area contributed by atoms with Gasteiger partial charge in [0.05, 0.1) is 22.9 Å². The molecule has 27 heavy (non-hydrogen) atoms. The lowest BCUT2D eigenvalue weighted by Gasteiger charge is -2.08. The molecule has 0 spiro atoms. The minimum atomic E-state index is 0.517. The van der Waals surface area contributed by atoms with Gasteiger partial charge < -0.3 is 9.88 Å². The van der Waals surface area contributed by atoms with Gasteiger partial charge in [-0.15, -0.1) is 0 Å². The van der Waals surface area contributed by atoms with Crippen molar-refractivity contribution >= 4 is 39.9 Å². The van der Waals surface area contributed by atoms with Crippen LogP contribution in [0.5, 0.6) is 0 Å². The molecule has 132 valence electrons. The van der Waals surface area contributed by atoms with Crippen molar-refractivity contribution in [3.8, 4) is 0 Å². The molecule has 0 aliphatic carbocycles. The number of imidazole rings is 2. The molecule has 0 amide bonds. The lowest BCUT2D eigenvalue weighted by atomic mass is 10.2. The van der Waals surface area contributed by atoms with Gasteiger partial charge in [0.1, 0.15) is 5.65 Å². The Morgan fingerprint density at radius 3 is 2.93 bits per heavy atom. The van der Waals surface area contributed by atoms with Gasteiger partial charge >= 0.3 is 0 Å². The van der Waals surface area contributed by atoms with Crippen molar-refractivity contribution in [1.82, 2.24) is 28.9 Å². The Bertz CT molecular complexity index is 1270. The molecular weight excluding hydrogens is 342 g/mol. The van der Waals surface area contributed by atoms with Crippen LogP contribution in [0, 0.1) is 0 Å². The summed E-state index contributed by atoms with van der Waals surface area (Å²) in [5, 5.41) is 4.02. The summed E-state index contributed by atoms with van der Waals surface area (Å²) < 4.78 is 3.89. The fraction of sp³-hybridized carbons (Fsp3) is 0.105. The number of carbonyl (C=O) groups is 1. The number of pyridine rings is 1. The zero-order valence-electron chi connectivity index (χ0n) is 14.3. The Labute approximate surface area is 153 Å².